The first-order valence-electron chi connectivity index (χ1n) is 7.25. The van der Waals surface area contributed by atoms with Crippen LogP contribution in [0, 0.1) is 17.7 Å². The van der Waals surface area contributed by atoms with E-state index in [9.17, 15) is 14.0 Å². The molecule has 21 heavy (non-hydrogen) atoms. The van der Waals surface area contributed by atoms with Crippen molar-refractivity contribution in [3.8, 4) is 0 Å². The van der Waals surface area contributed by atoms with Crippen molar-refractivity contribution in [2.45, 2.75) is 38.6 Å². The number of carbonyl (C=O) groups excluding carboxylic acids is 1. The zero-order chi connectivity index (χ0) is 15.4. The van der Waals surface area contributed by atoms with Gasteiger partial charge in [-0.2, -0.15) is 0 Å². The maximum atomic E-state index is 13.1. The van der Waals surface area contributed by atoms with E-state index in [0.717, 1.165) is 12.0 Å². The van der Waals surface area contributed by atoms with Gasteiger partial charge in [-0.15, -0.1) is 0 Å². The van der Waals surface area contributed by atoms with Gasteiger partial charge in [-0.05, 0) is 37.0 Å². The zero-order valence-electron chi connectivity index (χ0n) is 12.0. The minimum atomic E-state index is -0.851. The molecule has 0 saturated heterocycles. The van der Waals surface area contributed by atoms with Crippen molar-refractivity contribution >= 4 is 11.9 Å². The summed E-state index contributed by atoms with van der Waals surface area (Å²) in [5.41, 5.74) is 0.763. The number of hydrogen-bond donors (Lipinski definition) is 2. The van der Waals surface area contributed by atoms with Gasteiger partial charge in [0.05, 0.1) is 5.92 Å². The van der Waals surface area contributed by atoms with Gasteiger partial charge in [-0.3, -0.25) is 9.59 Å². The Morgan fingerprint density at radius 3 is 2.86 bits per heavy atom. The lowest BCUT2D eigenvalue weighted by Gasteiger charge is -2.20. The fraction of sp³-hybridized carbons (Fsp3) is 0.500. The maximum Gasteiger partial charge on any atom is 0.308 e. The van der Waals surface area contributed by atoms with Gasteiger partial charge in [0.1, 0.15) is 5.82 Å². The van der Waals surface area contributed by atoms with Gasteiger partial charge in [-0.25, -0.2) is 4.39 Å². The molecule has 0 bridgehead atoms. The van der Waals surface area contributed by atoms with Gasteiger partial charge in [0, 0.05) is 12.0 Å². The highest BCUT2D eigenvalue weighted by molar-refractivity contribution is 5.80. The molecule has 1 aliphatic rings. The molecule has 4 nitrogen and oxygen atoms in total. The number of amides is 1. The molecule has 1 aliphatic carbocycles. The van der Waals surface area contributed by atoms with Gasteiger partial charge >= 0.3 is 5.97 Å². The molecule has 114 valence electrons. The molecule has 0 spiro atoms. The molecular weight excluding hydrogens is 273 g/mol. The summed E-state index contributed by atoms with van der Waals surface area (Å²) < 4.78 is 13.1. The van der Waals surface area contributed by atoms with Crippen LogP contribution >= 0.6 is 0 Å². The van der Waals surface area contributed by atoms with Crippen LogP contribution in [0.1, 0.15) is 31.7 Å². The molecule has 0 radical (unpaired) electrons. The summed E-state index contributed by atoms with van der Waals surface area (Å²) in [4.78, 5) is 23.3. The Labute approximate surface area is 123 Å². The van der Waals surface area contributed by atoms with Gasteiger partial charge in [0.2, 0.25) is 5.91 Å². The molecule has 5 heteroatoms. The molecule has 1 fully saturated rings. The summed E-state index contributed by atoms with van der Waals surface area (Å²) in [6, 6.07) is 5.89. The van der Waals surface area contributed by atoms with E-state index in [2.05, 4.69) is 5.32 Å². The Balaban J connectivity index is 1.92. The van der Waals surface area contributed by atoms with Crippen molar-refractivity contribution in [2.75, 3.05) is 0 Å². The predicted octanol–water partition coefficient (Wildman–Crippen LogP) is 2.37. The summed E-state index contributed by atoms with van der Waals surface area (Å²) >= 11 is 0. The number of carbonyl (C=O) groups is 2. The summed E-state index contributed by atoms with van der Waals surface area (Å²) in [5.74, 6) is -2.15. The molecule has 1 saturated carbocycles. The lowest BCUT2D eigenvalue weighted by molar-refractivity contribution is -0.142. The van der Waals surface area contributed by atoms with Crippen LogP contribution in [0.15, 0.2) is 24.3 Å². The molecular formula is C16H20FNO3. The lowest BCUT2D eigenvalue weighted by atomic mass is 9.98. The van der Waals surface area contributed by atoms with Crippen molar-refractivity contribution in [1.82, 2.24) is 5.32 Å². The number of hydrogen-bond acceptors (Lipinski definition) is 2. The number of aliphatic carboxylic acids is 1. The van der Waals surface area contributed by atoms with E-state index in [1.807, 2.05) is 0 Å². The molecule has 1 amide bonds. The third-order valence-corrected chi connectivity index (χ3v) is 4.04. The second-order valence-electron chi connectivity index (χ2n) is 5.73. The second-order valence-corrected chi connectivity index (χ2v) is 5.73. The molecule has 1 aromatic rings. The van der Waals surface area contributed by atoms with E-state index in [1.165, 1.54) is 12.1 Å². The highest BCUT2D eigenvalue weighted by atomic mass is 19.1. The van der Waals surface area contributed by atoms with Crippen LogP contribution < -0.4 is 5.32 Å². The summed E-state index contributed by atoms with van der Waals surface area (Å²) in [6.45, 7) is 1.77. The third-order valence-electron chi connectivity index (χ3n) is 4.04. The molecule has 3 atom stereocenters. The molecule has 0 aliphatic heterocycles. The van der Waals surface area contributed by atoms with Crippen molar-refractivity contribution in [3.63, 3.8) is 0 Å². The van der Waals surface area contributed by atoms with Crippen molar-refractivity contribution < 1.29 is 19.1 Å². The summed E-state index contributed by atoms with van der Waals surface area (Å²) in [6.07, 6.45) is 2.57. The first-order valence-corrected chi connectivity index (χ1v) is 7.25. The van der Waals surface area contributed by atoms with E-state index >= 15 is 0 Å². The smallest absolute Gasteiger partial charge is 0.308 e. The first kappa shape index (κ1) is 15.5. The largest absolute Gasteiger partial charge is 0.481 e. The molecule has 1 aromatic carbocycles. The molecule has 2 rings (SSSR count). The minimum absolute atomic E-state index is 0.169. The first-order chi connectivity index (χ1) is 9.97. The average Bonchev–Trinajstić information content (AvgIpc) is 2.87. The van der Waals surface area contributed by atoms with Crippen LogP contribution in [-0.4, -0.2) is 23.0 Å². The van der Waals surface area contributed by atoms with Gasteiger partial charge < -0.3 is 10.4 Å². The highest BCUT2D eigenvalue weighted by Gasteiger charge is 2.34. The van der Waals surface area contributed by atoms with Crippen molar-refractivity contribution in [2.24, 2.45) is 11.8 Å². The zero-order valence-corrected chi connectivity index (χ0v) is 12.0. The maximum absolute atomic E-state index is 13.1. The molecule has 1 unspecified atom stereocenters. The average molecular weight is 293 g/mol. The molecule has 0 aromatic heterocycles. The van der Waals surface area contributed by atoms with E-state index in [0.29, 0.717) is 19.3 Å². The third kappa shape index (κ3) is 4.03. The van der Waals surface area contributed by atoms with Crippen LogP contribution in [-0.2, 0) is 16.0 Å². The Hall–Kier alpha value is -1.91. The van der Waals surface area contributed by atoms with E-state index < -0.39 is 11.9 Å². The van der Waals surface area contributed by atoms with Crippen LogP contribution in [0.2, 0.25) is 0 Å². The Kier molecular flexibility index (Phi) is 4.94. The normalized spacial score (nSPS) is 22.8. The van der Waals surface area contributed by atoms with Crippen LogP contribution in [0.3, 0.4) is 0 Å². The van der Waals surface area contributed by atoms with Crippen LogP contribution in [0.4, 0.5) is 4.39 Å². The number of carboxylic acids is 1. The monoisotopic (exact) mass is 293 g/mol. The SMILES string of the molecule is CC(Cc1cccc(F)c1)C(=O)N[C@@H]1CCC[C@@H]1C(=O)O. The second kappa shape index (κ2) is 6.70. The van der Waals surface area contributed by atoms with E-state index in [1.54, 1.807) is 19.1 Å². The lowest BCUT2D eigenvalue weighted by Crippen LogP contribution is -2.42. The van der Waals surface area contributed by atoms with Crippen molar-refractivity contribution in [3.05, 3.63) is 35.6 Å². The van der Waals surface area contributed by atoms with Crippen LogP contribution in [0.25, 0.3) is 0 Å². The Morgan fingerprint density at radius 2 is 2.19 bits per heavy atom. The Morgan fingerprint density at radius 1 is 1.43 bits per heavy atom. The fourth-order valence-corrected chi connectivity index (χ4v) is 2.86. The number of halogens is 1. The van der Waals surface area contributed by atoms with Gasteiger partial charge in [-0.1, -0.05) is 25.5 Å². The number of nitrogens with one attached hydrogen (secondary N) is 1. The number of benzene rings is 1. The van der Waals surface area contributed by atoms with Gasteiger partial charge in [0.15, 0.2) is 0 Å². The van der Waals surface area contributed by atoms with Gasteiger partial charge in [0.25, 0.3) is 0 Å². The summed E-state index contributed by atoms with van der Waals surface area (Å²) in [7, 11) is 0. The number of rotatable bonds is 5. The highest BCUT2D eigenvalue weighted by Crippen LogP contribution is 2.26. The quantitative estimate of drug-likeness (QED) is 0.876. The molecule has 2 N–H and O–H groups in total. The minimum Gasteiger partial charge on any atom is -0.481 e. The summed E-state index contributed by atoms with van der Waals surface area (Å²) in [5, 5.41) is 11.9. The van der Waals surface area contributed by atoms with E-state index in [4.69, 9.17) is 5.11 Å². The standard InChI is InChI=1S/C16H20FNO3/c1-10(8-11-4-2-5-12(17)9-11)15(19)18-14-7-3-6-13(14)16(20)21/h2,4-5,9-10,13-14H,3,6-8H2,1H3,(H,18,19)(H,20,21)/t10?,13-,14+/m0/s1. The predicted molar refractivity (Wildman–Crippen MR) is 76.2 cm³/mol. The van der Waals surface area contributed by atoms with Crippen LogP contribution in [0.5, 0.6) is 0 Å². The topological polar surface area (TPSA) is 66.4 Å². The van der Waals surface area contributed by atoms with E-state index in [-0.39, 0.29) is 23.7 Å². The van der Waals surface area contributed by atoms with Crippen molar-refractivity contribution in [1.29, 1.82) is 0 Å². The Bertz CT molecular complexity index is 532. The number of carboxylic acid groups (broad SMARTS) is 1. The molecule has 0 heterocycles. The fourth-order valence-electron chi connectivity index (χ4n) is 2.86.